The summed E-state index contributed by atoms with van der Waals surface area (Å²) in [6, 6.07) is 11.2. The number of rotatable bonds is 5. The smallest absolute Gasteiger partial charge is 0.241 e. The molecule has 0 saturated heterocycles. The van der Waals surface area contributed by atoms with Gasteiger partial charge in [-0.2, -0.15) is 4.98 Å². The number of Topliss-reactive ketones (excluding diaryl/α,β-unsaturated/α-hetero) is 1. The quantitative estimate of drug-likeness (QED) is 0.512. The van der Waals surface area contributed by atoms with Gasteiger partial charge in [0.1, 0.15) is 6.04 Å². The number of nitrogen functional groups attached to an aromatic ring is 1. The van der Waals surface area contributed by atoms with Crippen molar-refractivity contribution in [2.75, 3.05) is 32.4 Å². The molecule has 34 heavy (non-hydrogen) atoms. The second kappa shape index (κ2) is 8.68. The van der Waals surface area contributed by atoms with Crippen LogP contribution in [0.3, 0.4) is 0 Å². The second-order valence-corrected chi connectivity index (χ2v) is 9.12. The number of hydrogen-bond acceptors (Lipinski definition) is 8. The summed E-state index contributed by atoms with van der Waals surface area (Å²) in [4.78, 5) is 18.0. The van der Waals surface area contributed by atoms with Gasteiger partial charge in [-0.25, -0.2) is 4.68 Å². The number of nitrogens with zero attached hydrogens (tertiary/aromatic N) is 3. The van der Waals surface area contributed by atoms with Crippen molar-refractivity contribution >= 4 is 33.6 Å². The number of nitrogens with one attached hydrogen (secondary N) is 1. The Kier molecular flexibility index (Phi) is 5.68. The molecule has 0 amide bonds. The molecule has 3 aromatic rings. The highest BCUT2D eigenvalue weighted by atomic mass is 79.9. The third kappa shape index (κ3) is 3.67. The zero-order valence-corrected chi connectivity index (χ0v) is 20.5. The Balaban J connectivity index is 1.59. The van der Waals surface area contributed by atoms with Crippen LogP contribution in [0.5, 0.6) is 17.2 Å². The Bertz CT molecular complexity index is 1290. The number of nitrogens with two attached hydrogens (primary N) is 1. The minimum atomic E-state index is -0.415. The normalized spacial score (nSPS) is 19.2. The van der Waals surface area contributed by atoms with Gasteiger partial charge in [0.05, 0.1) is 21.3 Å². The van der Waals surface area contributed by atoms with Crippen molar-refractivity contribution in [3.05, 3.63) is 63.3 Å². The molecule has 0 fully saturated rings. The molecule has 3 N–H and O–H groups in total. The number of allylic oxidation sites excluding steroid dienone is 2. The van der Waals surface area contributed by atoms with E-state index in [1.54, 1.807) is 26.0 Å². The number of anilines is 2. The van der Waals surface area contributed by atoms with E-state index in [0.717, 1.165) is 21.3 Å². The largest absolute Gasteiger partial charge is 0.493 e. The van der Waals surface area contributed by atoms with E-state index < -0.39 is 6.04 Å². The maximum atomic E-state index is 13.6. The van der Waals surface area contributed by atoms with E-state index in [2.05, 4.69) is 31.3 Å². The number of ketones is 1. The lowest BCUT2D eigenvalue weighted by atomic mass is 9.78. The van der Waals surface area contributed by atoms with E-state index in [9.17, 15) is 4.79 Å². The summed E-state index contributed by atoms with van der Waals surface area (Å²) in [5.74, 6) is 2.25. The van der Waals surface area contributed by atoms with E-state index >= 15 is 0 Å². The summed E-state index contributed by atoms with van der Waals surface area (Å²) in [5, 5.41) is 7.69. The lowest BCUT2D eigenvalue weighted by Crippen LogP contribution is -2.33. The van der Waals surface area contributed by atoms with Crippen LogP contribution >= 0.6 is 15.9 Å². The first kappa shape index (κ1) is 22.3. The lowest BCUT2D eigenvalue weighted by Gasteiger charge is -2.35. The van der Waals surface area contributed by atoms with Crippen LogP contribution in [0.2, 0.25) is 0 Å². The number of methoxy groups -OCH3 is 3. The molecule has 2 atom stereocenters. The molecule has 0 radical (unpaired) electrons. The van der Waals surface area contributed by atoms with Crippen molar-refractivity contribution in [2.45, 2.75) is 24.8 Å². The van der Waals surface area contributed by atoms with Crippen LogP contribution in [-0.2, 0) is 4.79 Å². The first-order valence-electron chi connectivity index (χ1n) is 10.7. The zero-order chi connectivity index (χ0) is 24.0. The van der Waals surface area contributed by atoms with Gasteiger partial charge in [0, 0.05) is 22.2 Å². The highest BCUT2D eigenvalue weighted by Crippen LogP contribution is 2.47. The van der Waals surface area contributed by atoms with Gasteiger partial charge < -0.3 is 25.3 Å². The summed E-state index contributed by atoms with van der Waals surface area (Å²) in [5.41, 5.74) is 9.28. The fraction of sp³-hybridized carbons (Fsp3) is 0.292. The Morgan fingerprint density at radius 3 is 2.44 bits per heavy atom. The van der Waals surface area contributed by atoms with Gasteiger partial charge in [0.15, 0.2) is 17.3 Å². The van der Waals surface area contributed by atoms with Crippen molar-refractivity contribution in [3.63, 3.8) is 0 Å². The first-order chi connectivity index (χ1) is 16.4. The molecular weight excluding hydrogens is 502 g/mol. The van der Waals surface area contributed by atoms with Gasteiger partial charge >= 0.3 is 0 Å². The third-order valence-electron chi connectivity index (χ3n) is 6.26. The number of halogens is 1. The highest BCUT2D eigenvalue weighted by Gasteiger charge is 2.40. The van der Waals surface area contributed by atoms with Gasteiger partial charge in [0.2, 0.25) is 17.6 Å². The molecule has 2 aliphatic rings. The van der Waals surface area contributed by atoms with E-state index in [0.29, 0.717) is 41.6 Å². The molecule has 2 unspecified atom stereocenters. The summed E-state index contributed by atoms with van der Waals surface area (Å²) < 4.78 is 19.1. The van der Waals surface area contributed by atoms with Gasteiger partial charge in [-0.1, -0.05) is 28.1 Å². The maximum Gasteiger partial charge on any atom is 0.241 e. The van der Waals surface area contributed by atoms with Gasteiger partial charge in [0.25, 0.3) is 0 Å². The van der Waals surface area contributed by atoms with Crippen molar-refractivity contribution in [3.8, 4) is 17.2 Å². The van der Waals surface area contributed by atoms with Crippen LogP contribution in [0.1, 0.15) is 35.9 Å². The molecule has 2 aromatic carbocycles. The molecule has 9 nitrogen and oxygen atoms in total. The standard InChI is InChI=1S/C24H24BrN5O4/c1-32-18-10-14(11-19(33-2)22(18)34-3)13-8-16-20(17(31)9-13)21(12-5-4-6-15(25)7-12)30-24(27-16)28-23(26)29-30/h4-7,10-11,13,21H,8-9H2,1-3H3,(H3,26,27,28,29). The zero-order valence-electron chi connectivity index (χ0n) is 19.0. The van der Waals surface area contributed by atoms with Crippen molar-refractivity contribution in [2.24, 2.45) is 0 Å². The summed E-state index contributed by atoms with van der Waals surface area (Å²) in [7, 11) is 4.73. The van der Waals surface area contributed by atoms with Crippen molar-refractivity contribution in [1.82, 2.24) is 14.8 Å². The number of ether oxygens (including phenoxy) is 3. The van der Waals surface area contributed by atoms with Crippen LogP contribution in [0.4, 0.5) is 11.9 Å². The van der Waals surface area contributed by atoms with E-state index in [4.69, 9.17) is 19.9 Å². The average molecular weight is 526 g/mol. The predicted octanol–water partition coefficient (Wildman–Crippen LogP) is 4.06. The number of aromatic nitrogens is 3. The number of fused-ring (bicyclic) bond motifs is 1. The van der Waals surface area contributed by atoms with Crippen LogP contribution < -0.4 is 25.3 Å². The van der Waals surface area contributed by atoms with Crippen LogP contribution in [0.25, 0.3) is 0 Å². The first-order valence-corrected chi connectivity index (χ1v) is 11.5. The molecule has 1 aromatic heterocycles. The monoisotopic (exact) mass is 525 g/mol. The van der Waals surface area contributed by atoms with Crippen LogP contribution in [-0.4, -0.2) is 41.9 Å². The molecule has 1 aliphatic carbocycles. The summed E-state index contributed by atoms with van der Waals surface area (Å²) >= 11 is 3.54. The predicted molar refractivity (Wildman–Crippen MR) is 130 cm³/mol. The topological polar surface area (TPSA) is 114 Å². The number of carbonyl (C=O) groups is 1. The van der Waals surface area contributed by atoms with E-state index in [-0.39, 0.29) is 17.6 Å². The molecule has 176 valence electrons. The van der Waals surface area contributed by atoms with E-state index in [1.807, 2.05) is 36.4 Å². The van der Waals surface area contributed by atoms with Crippen LogP contribution in [0.15, 0.2) is 52.1 Å². The maximum absolute atomic E-state index is 13.6. The molecule has 5 rings (SSSR count). The van der Waals surface area contributed by atoms with Crippen molar-refractivity contribution < 1.29 is 19.0 Å². The summed E-state index contributed by atoms with van der Waals surface area (Å²) in [6.07, 6.45) is 0.945. The molecule has 2 heterocycles. The Hall–Kier alpha value is -3.53. The molecule has 0 saturated carbocycles. The second-order valence-electron chi connectivity index (χ2n) is 8.20. The minimum absolute atomic E-state index is 0.0391. The van der Waals surface area contributed by atoms with Gasteiger partial charge in [-0.3, -0.25) is 4.79 Å². The fourth-order valence-corrected chi connectivity index (χ4v) is 5.20. The van der Waals surface area contributed by atoms with Crippen molar-refractivity contribution in [1.29, 1.82) is 0 Å². The Morgan fingerprint density at radius 2 is 1.79 bits per heavy atom. The SMILES string of the molecule is COc1cc(C2CC(=O)C3=C(C2)Nc2nc(N)nn2C3c2cccc(Br)c2)cc(OC)c1OC. The third-order valence-corrected chi connectivity index (χ3v) is 6.75. The van der Waals surface area contributed by atoms with Gasteiger partial charge in [-0.05, 0) is 47.7 Å². The Morgan fingerprint density at radius 1 is 1.06 bits per heavy atom. The molecule has 1 aliphatic heterocycles. The molecule has 0 spiro atoms. The highest BCUT2D eigenvalue weighted by molar-refractivity contribution is 9.10. The molecule has 0 bridgehead atoms. The number of benzene rings is 2. The minimum Gasteiger partial charge on any atom is -0.493 e. The summed E-state index contributed by atoms with van der Waals surface area (Å²) in [6.45, 7) is 0. The van der Waals surface area contributed by atoms with E-state index in [1.165, 1.54) is 0 Å². The number of hydrogen-bond donors (Lipinski definition) is 2. The average Bonchev–Trinajstić information content (AvgIpc) is 3.20. The number of carbonyl (C=O) groups excluding carboxylic acids is 1. The molecule has 10 heteroatoms. The lowest BCUT2D eigenvalue weighted by molar-refractivity contribution is -0.116. The Labute approximate surface area is 205 Å². The molecular formula is C24H24BrN5O4. The fourth-order valence-electron chi connectivity index (χ4n) is 4.79. The van der Waals surface area contributed by atoms with Crippen LogP contribution in [0, 0.1) is 0 Å². The van der Waals surface area contributed by atoms with Gasteiger partial charge in [-0.15, -0.1) is 5.10 Å².